The van der Waals surface area contributed by atoms with Crippen molar-refractivity contribution in [3.8, 4) is 11.5 Å². The Morgan fingerprint density at radius 2 is 1.91 bits per heavy atom. The first kappa shape index (κ1) is 31.6. The van der Waals surface area contributed by atoms with E-state index in [0.717, 1.165) is 41.6 Å². The highest BCUT2D eigenvalue weighted by Gasteiger charge is 2.33. The summed E-state index contributed by atoms with van der Waals surface area (Å²) in [6.45, 7) is 7.12. The maximum absolute atomic E-state index is 13.6. The van der Waals surface area contributed by atoms with E-state index in [1.54, 1.807) is 36.8 Å². The van der Waals surface area contributed by atoms with Crippen molar-refractivity contribution in [3.63, 3.8) is 0 Å². The van der Waals surface area contributed by atoms with Crippen LogP contribution in [0.25, 0.3) is 0 Å². The van der Waals surface area contributed by atoms with E-state index in [4.69, 9.17) is 37.7 Å². The number of aliphatic imine (C=N–C) groups is 1. The highest BCUT2D eigenvalue weighted by atomic mass is 79.9. The largest absolute Gasteiger partial charge is 0.493 e. The minimum absolute atomic E-state index is 0.131. The molecule has 1 heterocycles. The first-order chi connectivity index (χ1) is 20.5. The predicted molar refractivity (Wildman–Crippen MR) is 182 cm³/mol. The quantitative estimate of drug-likeness (QED) is 0.186. The number of ether oxygens (including phenoxy) is 2. The Labute approximate surface area is 275 Å². The highest BCUT2D eigenvalue weighted by Crippen LogP contribution is 2.45. The van der Waals surface area contributed by atoms with E-state index in [1.807, 2.05) is 48.5 Å². The number of amides is 1. The van der Waals surface area contributed by atoms with Gasteiger partial charge in [0.1, 0.15) is 11.6 Å². The van der Waals surface area contributed by atoms with E-state index in [1.165, 1.54) is 4.88 Å². The standard InChI is InChI=1S/C34H33BrCl2N2O3S/c1-34(2,3)22-11-13-25-29(16-22)43-33(30(25)32(40)39-24-8-6-5-7-9-24)38-18-20-14-26(35)31(28(15-20)41-4)42-19-21-10-12-23(36)17-27(21)37/h5-10,12,14-15,17-18,22H,11,13,16,19H2,1-4H3,(H,39,40)/t22-/m1/s1. The number of benzene rings is 3. The summed E-state index contributed by atoms with van der Waals surface area (Å²) in [7, 11) is 1.59. The summed E-state index contributed by atoms with van der Waals surface area (Å²) < 4.78 is 12.5. The zero-order valence-electron chi connectivity index (χ0n) is 24.5. The molecule has 1 aliphatic rings. The topological polar surface area (TPSA) is 59.9 Å². The molecule has 9 heteroatoms. The first-order valence-corrected chi connectivity index (χ1v) is 16.4. The lowest BCUT2D eigenvalue weighted by molar-refractivity contribution is 0.102. The molecule has 0 bridgehead atoms. The number of carbonyl (C=O) groups excluding carboxylic acids is 1. The molecule has 3 aromatic carbocycles. The van der Waals surface area contributed by atoms with Crippen LogP contribution in [0.2, 0.25) is 10.0 Å². The second kappa shape index (κ2) is 13.4. The van der Waals surface area contributed by atoms with Gasteiger partial charge in [-0.15, -0.1) is 11.3 Å². The van der Waals surface area contributed by atoms with Crippen molar-refractivity contribution in [1.82, 2.24) is 0 Å². The summed E-state index contributed by atoms with van der Waals surface area (Å²) in [4.78, 5) is 19.8. The molecule has 0 saturated heterocycles. The number of nitrogens with one attached hydrogen (secondary N) is 1. The van der Waals surface area contributed by atoms with Gasteiger partial charge in [0.05, 0.1) is 17.1 Å². The first-order valence-electron chi connectivity index (χ1n) is 14.0. The van der Waals surface area contributed by atoms with Crippen LogP contribution in [0.3, 0.4) is 0 Å². The van der Waals surface area contributed by atoms with E-state index in [-0.39, 0.29) is 17.9 Å². The number of rotatable bonds is 8. The minimum atomic E-state index is -0.131. The monoisotopic (exact) mass is 698 g/mol. The van der Waals surface area contributed by atoms with Gasteiger partial charge in [-0.2, -0.15) is 0 Å². The molecule has 43 heavy (non-hydrogen) atoms. The maximum Gasteiger partial charge on any atom is 0.259 e. The van der Waals surface area contributed by atoms with E-state index in [9.17, 15) is 4.79 Å². The zero-order chi connectivity index (χ0) is 30.7. The second-order valence-electron chi connectivity index (χ2n) is 11.6. The fourth-order valence-corrected chi connectivity index (χ4v) is 7.53. The minimum Gasteiger partial charge on any atom is -0.493 e. The molecule has 1 aromatic heterocycles. The van der Waals surface area contributed by atoms with E-state index >= 15 is 0 Å². The van der Waals surface area contributed by atoms with Crippen LogP contribution >= 0.6 is 50.5 Å². The smallest absolute Gasteiger partial charge is 0.259 e. The van der Waals surface area contributed by atoms with Crippen molar-refractivity contribution in [2.24, 2.45) is 16.3 Å². The normalized spacial score (nSPS) is 14.9. The Morgan fingerprint density at radius 1 is 1.14 bits per heavy atom. The molecule has 1 N–H and O–H groups in total. The van der Waals surface area contributed by atoms with Crippen LogP contribution in [0.15, 0.2) is 70.1 Å². The van der Waals surface area contributed by atoms with E-state index < -0.39 is 0 Å². The van der Waals surface area contributed by atoms with E-state index in [2.05, 4.69) is 42.0 Å². The van der Waals surface area contributed by atoms with Crippen LogP contribution in [-0.4, -0.2) is 19.2 Å². The van der Waals surface area contributed by atoms with Gasteiger partial charge in [-0.1, -0.05) is 68.2 Å². The maximum atomic E-state index is 13.6. The SMILES string of the molecule is COc1cc(C=Nc2sc3c(c2C(=O)Nc2ccccc2)CC[C@@H](C(C)(C)C)C3)cc(Br)c1OCc1ccc(Cl)cc1Cl. The molecule has 0 unspecified atom stereocenters. The van der Waals surface area contributed by atoms with Crippen molar-refractivity contribution >= 4 is 73.3 Å². The summed E-state index contributed by atoms with van der Waals surface area (Å²) in [5.41, 5.74) is 4.35. The molecule has 224 valence electrons. The van der Waals surface area contributed by atoms with Gasteiger partial charge in [-0.25, -0.2) is 4.99 Å². The van der Waals surface area contributed by atoms with Crippen molar-refractivity contribution in [3.05, 3.63) is 102 Å². The van der Waals surface area contributed by atoms with Gasteiger partial charge in [-0.3, -0.25) is 4.79 Å². The van der Waals surface area contributed by atoms with Gasteiger partial charge in [0, 0.05) is 32.4 Å². The van der Waals surface area contributed by atoms with Gasteiger partial charge in [0.25, 0.3) is 5.91 Å². The fraction of sp³-hybridized carbons (Fsp3) is 0.294. The highest BCUT2D eigenvalue weighted by molar-refractivity contribution is 9.10. The number of anilines is 1. The summed E-state index contributed by atoms with van der Waals surface area (Å²) in [6, 6.07) is 18.6. The Hall–Kier alpha value is -2.84. The average Bonchev–Trinajstić information content (AvgIpc) is 3.34. The molecule has 1 atom stereocenters. The average molecular weight is 701 g/mol. The summed E-state index contributed by atoms with van der Waals surface area (Å²) >= 11 is 17.6. The lowest BCUT2D eigenvalue weighted by Gasteiger charge is -2.33. The van der Waals surface area contributed by atoms with Crippen molar-refractivity contribution in [2.45, 2.75) is 46.6 Å². The zero-order valence-corrected chi connectivity index (χ0v) is 28.4. The molecule has 0 radical (unpaired) electrons. The molecule has 1 amide bonds. The third kappa shape index (κ3) is 7.46. The molecule has 0 aliphatic heterocycles. The van der Waals surface area contributed by atoms with Crippen LogP contribution in [0.4, 0.5) is 10.7 Å². The van der Waals surface area contributed by atoms with Crippen LogP contribution in [-0.2, 0) is 19.4 Å². The fourth-order valence-electron chi connectivity index (χ4n) is 5.23. The number of carbonyl (C=O) groups is 1. The summed E-state index contributed by atoms with van der Waals surface area (Å²) in [6.07, 6.45) is 4.64. The molecule has 0 fully saturated rings. The number of fused-ring (bicyclic) bond motifs is 1. The van der Waals surface area contributed by atoms with E-state index in [0.29, 0.717) is 42.5 Å². The van der Waals surface area contributed by atoms with Crippen LogP contribution in [0.5, 0.6) is 11.5 Å². The number of methoxy groups -OCH3 is 1. The predicted octanol–water partition coefficient (Wildman–Crippen LogP) is 10.6. The summed E-state index contributed by atoms with van der Waals surface area (Å²) in [5.74, 6) is 1.51. The number of nitrogens with zero attached hydrogens (tertiary/aromatic N) is 1. The van der Waals surface area contributed by atoms with Gasteiger partial charge in [0.15, 0.2) is 11.5 Å². The summed E-state index contributed by atoms with van der Waals surface area (Å²) in [5, 5.41) is 4.89. The number of hydrogen-bond acceptors (Lipinski definition) is 5. The molecule has 5 rings (SSSR count). The molecular formula is C34H33BrCl2N2O3S. The number of hydrogen-bond donors (Lipinski definition) is 1. The number of thiophene rings is 1. The van der Waals surface area contributed by atoms with Crippen molar-refractivity contribution in [1.29, 1.82) is 0 Å². The van der Waals surface area contributed by atoms with Crippen LogP contribution < -0.4 is 14.8 Å². The molecule has 5 nitrogen and oxygen atoms in total. The molecule has 1 aliphatic carbocycles. The Kier molecular flexibility index (Phi) is 9.86. The van der Waals surface area contributed by atoms with Crippen LogP contribution in [0, 0.1) is 11.3 Å². The molecule has 0 spiro atoms. The van der Waals surface area contributed by atoms with Crippen molar-refractivity contribution < 1.29 is 14.3 Å². The third-order valence-electron chi connectivity index (χ3n) is 7.70. The second-order valence-corrected chi connectivity index (χ2v) is 14.4. The Morgan fingerprint density at radius 3 is 2.60 bits per heavy atom. The number of halogens is 3. The number of para-hydroxylation sites is 1. The third-order valence-corrected chi connectivity index (χ3v) is 10.0. The van der Waals surface area contributed by atoms with Crippen molar-refractivity contribution in [2.75, 3.05) is 12.4 Å². The molecular weight excluding hydrogens is 667 g/mol. The lowest BCUT2D eigenvalue weighted by atomic mass is 9.72. The lowest BCUT2D eigenvalue weighted by Crippen LogP contribution is -2.27. The van der Waals surface area contributed by atoms with Gasteiger partial charge in [-0.05, 0) is 94.1 Å². The Balaban J connectivity index is 1.44. The van der Waals surface area contributed by atoms with Gasteiger partial charge in [0.2, 0.25) is 0 Å². The van der Waals surface area contributed by atoms with Gasteiger partial charge < -0.3 is 14.8 Å². The van der Waals surface area contributed by atoms with Crippen LogP contribution in [0.1, 0.15) is 59.1 Å². The molecule has 0 saturated carbocycles. The Bertz CT molecular complexity index is 1660. The van der Waals surface area contributed by atoms with Gasteiger partial charge >= 0.3 is 0 Å². The molecule has 4 aromatic rings.